The highest BCUT2D eigenvalue weighted by atomic mass is 16.1. The Kier molecular flexibility index (Phi) is 3.94. The van der Waals surface area contributed by atoms with E-state index in [0.717, 1.165) is 37.3 Å². The molecule has 0 radical (unpaired) electrons. The van der Waals surface area contributed by atoms with E-state index in [2.05, 4.69) is 15.9 Å². The Labute approximate surface area is 126 Å². The van der Waals surface area contributed by atoms with Crippen LogP contribution in [0, 0.1) is 11.3 Å². The van der Waals surface area contributed by atoms with Crippen LogP contribution in [0.5, 0.6) is 0 Å². The molecular weight excluding hydrogens is 262 g/mol. The van der Waals surface area contributed by atoms with Gasteiger partial charge in [-0.3, -0.25) is 9.69 Å². The van der Waals surface area contributed by atoms with E-state index in [1.807, 2.05) is 6.07 Å². The Hall–Kier alpha value is -1.86. The molecule has 2 heterocycles. The molecule has 1 atom stereocenters. The summed E-state index contributed by atoms with van der Waals surface area (Å²) in [5, 5.41) is 9.13. The molecule has 3 rings (SSSR count). The van der Waals surface area contributed by atoms with E-state index >= 15 is 0 Å². The number of fused-ring (bicyclic) bond motifs is 1. The van der Waals surface area contributed by atoms with E-state index in [9.17, 15) is 4.79 Å². The second-order valence-electron chi connectivity index (χ2n) is 6.03. The Morgan fingerprint density at radius 1 is 1.29 bits per heavy atom. The van der Waals surface area contributed by atoms with Crippen molar-refractivity contribution in [2.24, 2.45) is 0 Å². The molecule has 2 aliphatic heterocycles. The summed E-state index contributed by atoms with van der Waals surface area (Å²) in [5.41, 5.74) is 2.30. The summed E-state index contributed by atoms with van der Waals surface area (Å²) in [4.78, 5) is 16.8. The minimum atomic E-state index is 0.0713. The average Bonchev–Trinajstić information content (AvgIpc) is 2.83. The van der Waals surface area contributed by atoms with E-state index in [1.165, 1.54) is 19.4 Å². The minimum Gasteiger partial charge on any atom is -0.369 e. The summed E-state index contributed by atoms with van der Waals surface area (Å²) < 4.78 is 0. The first kappa shape index (κ1) is 14.1. The first-order valence-corrected chi connectivity index (χ1v) is 7.73. The molecule has 1 unspecified atom stereocenters. The molecule has 4 nitrogen and oxygen atoms in total. The quantitative estimate of drug-likeness (QED) is 0.782. The molecule has 1 aromatic rings. The Morgan fingerprint density at radius 2 is 2.10 bits per heavy atom. The van der Waals surface area contributed by atoms with Crippen molar-refractivity contribution in [2.45, 2.75) is 32.2 Å². The van der Waals surface area contributed by atoms with E-state index in [1.54, 1.807) is 19.1 Å². The molecule has 2 fully saturated rings. The standard InChI is InChI=1S/C17H21N3O/c1-13(21)16-6-5-14(11-18)10-17(16)20-9-3-8-19-7-2-4-15(19)12-20/h5-6,10,15H,2-4,7-9,12H2,1H3. The van der Waals surface area contributed by atoms with Gasteiger partial charge in [0.15, 0.2) is 5.78 Å². The molecule has 4 heteroatoms. The van der Waals surface area contributed by atoms with Crippen LogP contribution >= 0.6 is 0 Å². The molecule has 110 valence electrons. The summed E-state index contributed by atoms with van der Waals surface area (Å²) in [6.45, 7) is 5.88. The van der Waals surface area contributed by atoms with Crippen molar-refractivity contribution in [3.05, 3.63) is 29.3 Å². The molecule has 0 bridgehead atoms. The minimum absolute atomic E-state index is 0.0713. The van der Waals surface area contributed by atoms with Crippen LogP contribution in [0.15, 0.2) is 18.2 Å². The monoisotopic (exact) mass is 283 g/mol. The van der Waals surface area contributed by atoms with Gasteiger partial charge in [-0.15, -0.1) is 0 Å². The van der Waals surface area contributed by atoms with Crippen LogP contribution in [-0.4, -0.2) is 42.9 Å². The summed E-state index contributed by atoms with van der Waals surface area (Å²) >= 11 is 0. The van der Waals surface area contributed by atoms with Gasteiger partial charge >= 0.3 is 0 Å². The summed E-state index contributed by atoms with van der Waals surface area (Å²) in [6, 6.07) is 8.19. The van der Waals surface area contributed by atoms with Crippen molar-refractivity contribution in [1.82, 2.24) is 4.90 Å². The van der Waals surface area contributed by atoms with Gasteiger partial charge < -0.3 is 4.90 Å². The SMILES string of the molecule is CC(=O)c1ccc(C#N)cc1N1CCCN2CCCC2C1. The lowest BCUT2D eigenvalue weighted by Gasteiger charge is -2.28. The molecule has 2 aliphatic rings. The van der Waals surface area contributed by atoms with Crippen LogP contribution in [0.25, 0.3) is 0 Å². The topological polar surface area (TPSA) is 47.3 Å². The fourth-order valence-electron chi connectivity index (χ4n) is 3.59. The number of anilines is 1. The van der Waals surface area contributed by atoms with Gasteiger partial charge in [-0.2, -0.15) is 5.26 Å². The number of benzene rings is 1. The Morgan fingerprint density at radius 3 is 2.86 bits per heavy atom. The number of ketones is 1. The number of nitriles is 1. The van der Waals surface area contributed by atoms with E-state index in [0.29, 0.717) is 11.6 Å². The fourth-order valence-corrected chi connectivity index (χ4v) is 3.59. The third kappa shape index (κ3) is 2.79. The smallest absolute Gasteiger partial charge is 0.161 e. The highest BCUT2D eigenvalue weighted by Gasteiger charge is 2.29. The third-order valence-corrected chi connectivity index (χ3v) is 4.65. The van der Waals surface area contributed by atoms with Crippen molar-refractivity contribution in [2.75, 3.05) is 31.1 Å². The van der Waals surface area contributed by atoms with E-state index in [4.69, 9.17) is 5.26 Å². The van der Waals surface area contributed by atoms with E-state index < -0.39 is 0 Å². The number of rotatable bonds is 2. The highest BCUT2D eigenvalue weighted by Crippen LogP contribution is 2.28. The predicted octanol–water partition coefficient (Wildman–Crippen LogP) is 2.44. The molecule has 0 spiro atoms. The van der Waals surface area contributed by atoms with Crippen LogP contribution in [0.3, 0.4) is 0 Å². The molecular formula is C17H21N3O. The first-order chi connectivity index (χ1) is 10.2. The zero-order valence-electron chi connectivity index (χ0n) is 12.5. The van der Waals surface area contributed by atoms with Gasteiger partial charge in [-0.25, -0.2) is 0 Å². The van der Waals surface area contributed by atoms with Gasteiger partial charge in [0.05, 0.1) is 11.6 Å². The number of carbonyl (C=O) groups is 1. The van der Waals surface area contributed by atoms with Crippen molar-refractivity contribution < 1.29 is 4.79 Å². The van der Waals surface area contributed by atoms with E-state index in [-0.39, 0.29) is 5.78 Å². The van der Waals surface area contributed by atoms with Crippen molar-refractivity contribution in [3.8, 4) is 6.07 Å². The van der Waals surface area contributed by atoms with Crippen LogP contribution in [0.1, 0.15) is 42.1 Å². The van der Waals surface area contributed by atoms with Gasteiger partial charge in [0.25, 0.3) is 0 Å². The summed E-state index contributed by atoms with van der Waals surface area (Å²) in [6.07, 6.45) is 3.63. The molecule has 0 N–H and O–H groups in total. The molecule has 0 saturated carbocycles. The lowest BCUT2D eigenvalue weighted by molar-refractivity contribution is 0.101. The van der Waals surface area contributed by atoms with Crippen molar-refractivity contribution in [1.29, 1.82) is 5.26 Å². The average molecular weight is 283 g/mol. The van der Waals surface area contributed by atoms with Crippen molar-refractivity contribution in [3.63, 3.8) is 0 Å². The molecule has 0 amide bonds. The molecule has 0 aromatic heterocycles. The maximum Gasteiger partial charge on any atom is 0.161 e. The second kappa shape index (κ2) is 5.87. The van der Waals surface area contributed by atoms with Gasteiger partial charge in [0.1, 0.15) is 0 Å². The first-order valence-electron chi connectivity index (χ1n) is 7.73. The number of carbonyl (C=O) groups excluding carboxylic acids is 1. The summed E-state index contributed by atoms with van der Waals surface area (Å²) in [7, 11) is 0. The maximum atomic E-state index is 11.9. The maximum absolute atomic E-state index is 11.9. The Balaban J connectivity index is 1.94. The second-order valence-corrected chi connectivity index (χ2v) is 6.03. The zero-order chi connectivity index (χ0) is 14.8. The number of hydrogen-bond acceptors (Lipinski definition) is 4. The Bertz CT molecular complexity index is 590. The molecule has 2 saturated heterocycles. The largest absolute Gasteiger partial charge is 0.369 e. The lowest BCUT2D eigenvalue weighted by atomic mass is 10.0. The van der Waals surface area contributed by atoms with Crippen LogP contribution in [0.4, 0.5) is 5.69 Å². The normalized spacial score (nSPS) is 22.5. The molecule has 0 aliphatic carbocycles. The van der Waals surface area contributed by atoms with Gasteiger partial charge in [0.2, 0.25) is 0 Å². The molecule has 21 heavy (non-hydrogen) atoms. The van der Waals surface area contributed by atoms with Gasteiger partial charge in [0, 0.05) is 36.9 Å². The zero-order valence-corrected chi connectivity index (χ0v) is 12.5. The number of Topliss-reactive ketones (excluding diaryl/α,β-unsaturated/α-hetero) is 1. The third-order valence-electron chi connectivity index (χ3n) is 4.65. The fraction of sp³-hybridized carbons (Fsp3) is 0.529. The highest BCUT2D eigenvalue weighted by molar-refractivity contribution is 6.00. The van der Waals surface area contributed by atoms with Crippen LogP contribution in [-0.2, 0) is 0 Å². The lowest BCUT2D eigenvalue weighted by Crippen LogP contribution is -2.37. The van der Waals surface area contributed by atoms with Crippen LogP contribution in [0.2, 0.25) is 0 Å². The molecule has 1 aromatic carbocycles. The number of hydrogen-bond donors (Lipinski definition) is 0. The predicted molar refractivity (Wildman–Crippen MR) is 82.6 cm³/mol. The summed E-state index contributed by atoms with van der Waals surface area (Å²) in [5.74, 6) is 0.0713. The van der Waals surface area contributed by atoms with Gasteiger partial charge in [-0.1, -0.05) is 0 Å². The van der Waals surface area contributed by atoms with Gasteiger partial charge in [-0.05, 0) is 50.9 Å². The van der Waals surface area contributed by atoms with Crippen molar-refractivity contribution >= 4 is 11.5 Å². The van der Waals surface area contributed by atoms with Crippen LogP contribution < -0.4 is 4.90 Å². The number of nitrogens with zero attached hydrogens (tertiary/aromatic N) is 3.